The molecule has 0 aromatic carbocycles. The first-order valence-corrected chi connectivity index (χ1v) is 7.79. The number of piperidine rings is 1. The molecule has 0 N–H and O–H groups in total. The van der Waals surface area contributed by atoms with Gasteiger partial charge in [-0.15, -0.1) is 5.10 Å². The van der Waals surface area contributed by atoms with Crippen LogP contribution in [0.1, 0.15) is 35.3 Å². The zero-order chi connectivity index (χ0) is 17.1. The molecule has 3 heterocycles. The maximum absolute atomic E-state index is 11.5. The van der Waals surface area contributed by atoms with E-state index in [2.05, 4.69) is 30.1 Å². The monoisotopic (exact) mass is 335 g/mol. The third-order valence-corrected chi connectivity index (χ3v) is 3.98. The van der Waals surface area contributed by atoms with Crippen molar-refractivity contribution >= 4 is 11.9 Å². The molecule has 1 fully saturated rings. The summed E-state index contributed by atoms with van der Waals surface area (Å²) in [6.45, 7) is 2.33. The first-order chi connectivity index (χ1) is 11.6. The number of esters is 1. The molecule has 1 aliphatic rings. The van der Waals surface area contributed by atoms with Crippen LogP contribution in [0.2, 0.25) is 0 Å². The predicted molar refractivity (Wildman–Crippen MR) is 83.5 cm³/mol. The van der Waals surface area contributed by atoms with Gasteiger partial charge in [0.2, 0.25) is 5.89 Å². The molecule has 1 atom stereocenters. The van der Waals surface area contributed by atoms with Gasteiger partial charge in [-0.05, 0) is 24.5 Å². The number of hydrogen-bond acceptors (Lipinski definition) is 9. The molecule has 130 valence electrons. The molecule has 0 radical (unpaired) electrons. The summed E-state index contributed by atoms with van der Waals surface area (Å²) in [7, 11) is 5.07. The molecule has 0 saturated carbocycles. The summed E-state index contributed by atoms with van der Waals surface area (Å²) in [5, 5.41) is 11.9. The van der Waals surface area contributed by atoms with E-state index >= 15 is 0 Å². The fraction of sp³-hybridized carbons (Fsp3) is 0.643. The van der Waals surface area contributed by atoms with E-state index in [9.17, 15) is 4.79 Å². The summed E-state index contributed by atoms with van der Waals surface area (Å²) >= 11 is 0. The number of methoxy groups -OCH3 is 1. The molecule has 1 aliphatic heterocycles. The summed E-state index contributed by atoms with van der Waals surface area (Å²) in [5.41, 5.74) is 0.224. The number of likely N-dealkylation sites (tertiary alicyclic amines) is 1. The lowest BCUT2D eigenvalue weighted by atomic mass is 10.1. The van der Waals surface area contributed by atoms with E-state index < -0.39 is 5.97 Å². The molecule has 3 rings (SSSR count). The maximum Gasteiger partial charge on any atom is 0.360 e. The van der Waals surface area contributed by atoms with Crippen molar-refractivity contribution in [3.8, 4) is 0 Å². The smallest absolute Gasteiger partial charge is 0.360 e. The molecule has 24 heavy (non-hydrogen) atoms. The van der Waals surface area contributed by atoms with Crippen LogP contribution in [0.25, 0.3) is 0 Å². The summed E-state index contributed by atoms with van der Waals surface area (Å²) in [4.78, 5) is 19.9. The number of ether oxygens (including phenoxy) is 1. The van der Waals surface area contributed by atoms with E-state index in [1.54, 1.807) is 15.8 Å². The highest BCUT2D eigenvalue weighted by Crippen LogP contribution is 2.22. The van der Waals surface area contributed by atoms with Crippen molar-refractivity contribution in [1.82, 2.24) is 30.0 Å². The molecule has 2 aromatic heterocycles. The lowest BCUT2D eigenvalue weighted by Crippen LogP contribution is -2.36. The Morgan fingerprint density at radius 1 is 1.50 bits per heavy atom. The van der Waals surface area contributed by atoms with Crippen molar-refractivity contribution in [2.45, 2.75) is 25.4 Å². The molecule has 0 bridgehead atoms. The molecule has 0 unspecified atom stereocenters. The van der Waals surface area contributed by atoms with E-state index in [1.807, 2.05) is 14.1 Å². The highest BCUT2D eigenvalue weighted by atomic mass is 16.5. The zero-order valence-electron chi connectivity index (χ0n) is 14.0. The first kappa shape index (κ1) is 16.4. The lowest BCUT2D eigenvalue weighted by molar-refractivity contribution is 0.0594. The van der Waals surface area contributed by atoms with E-state index in [4.69, 9.17) is 4.52 Å². The molecule has 10 heteroatoms. The zero-order valence-corrected chi connectivity index (χ0v) is 14.0. The number of anilines is 1. The normalized spacial score (nSPS) is 18.5. The number of aromatic nitrogens is 5. The largest absolute Gasteiger partial charge is 0.464 e. The molecular formula is C14H21N7O3. The second-order valence-corrected chi connectivity index (χ2v) is 5.99. The molecular weight excluding hydrogens is 314 g/mol. The summed E-state index contributed by atoms with van der Waals surface area (Å²) < 4.78 is 11.7. The van der Waals surface area contributed by atoms with E-state index in [1.165, 1.54) is 7.11 Å². The second-order valence-electron chi connectivity index (χ2n) is 5.99. The van der Waals surface area contributed by atoms with Gasteiger partial charge < -0.3 is 14.2 Å². The van der Waals surface area contributed by atoms with Crippen LogP contribution >= 0.6 is 0 Å². The Morgan fingerprint density at radius 3 is 3.04 bits per heavy atom. The van der Waals surface area contributed by atoms with Crippen LogP contribution in [0.15, 0.2) is 10.7 Å². The van der Waals surface area contributed by atoms with Gasteiger partial charge in [0.15, 0.2) is 5.69 Å². The quantitative estimate of drug-likeness (QED) is 0.716. The van der Waals surface area contributed by atoms with Gasteiger partial charge in [-0.1, -0.05) is 5.21 Å². The van der Waals surface area contributed by atoms with Gasteiger partial charge in [0, 0.05) is 20.6 Å². The Balaban J connectivity index is 1.63. The average Bonchev–Trinajstić information content (AvgIpc) is 3.24. The van der Waals surface area contributed by atoms with Crippen LogP contribution < -0.4 is 4.90 Å². The molecule has 10 nitrogen and oxygen atoms in total. The van der Waals surface area contributed by atoms with Crippen molar-refractivity contribution in [2.24, 2.45) is 0 Å². The highest BCUT2D eigenvalue weighted by Gasteiger charge is 2.25. The highest BCUT2D eigenvalue weighted by molar-refractivity contribution is 5.86. The summed E-state index contributed by atoms with van der Waals surface area (Å²) in [6.07, 6.45) is 3.64. The molecule has 1 saturated heterocycles. The Morgan fingerprint density at radius 2 is 2.33 bits per heavy atom. The number of rotatable bonds is 5. The van der Waals surface area contributed by atoms with Gasteiger partial charge in [0.25, 0.3) is 5.95 Å². The first-order valence-electron chi connectivity index (χ1n) is 7.79. The van der Waals surface area contributed by atoms with Crippen LogP contribution in [0.3, 0.4) is 0 Å². The third kappa shape index (κ3) is 3.53. The van der Waals surface area contributed by atoms with Gasteiger partial charge >= 0.3 is 5.97 Å². The number of hydrogen-bond donors (Lipinski definition) is 0. The van der Waals surface area contributed by atoms with Crippen molar-refractivity contribution in [3.63, 3.8) is 0 Å². The third-order valence-electron chi connectivity index (χ3n) is 3.98. The van der Waals surface area contributed by atoms with Crippen molar-refractivity contribution in [2.75, 3.05) is 39.2 Å². The SMILES string of the molecule is COC(=O)c1cn([C@H]2CCCN(Cc3nc(N(C)C)no3)C2)nn1. The number of carbonyl (C=O) groups excluding carboxylic acids is 1. The van der Waals surface area contributed by atoms with Crippen molar-refractivity contribution < 1.29 is 14.1 Å². The Bertz CT molecular complexity index is 696. The Labute approximate surface area is 139 Å². The van der Waals surface area contributed by atoms with Crippen LogP contribution in [-0.2, 0) is 11.3 Å². The van der Waals surface area contributed by atoms with E-state index in [0.29, 0.717) is 18.4 Å². The van der Waals surface area contributed by atoms with Gasteiger partial charge in [0.1, 0.15) is 0 Å². The Hall–Kier alpha value is -2.49. The fourth-order valence-electron chi connectivity index (χ4n) is 2.73. The minimum absolute atomic E-state index is 0.154. The van der Waals surface area contributed by atoms with Gasteiger partial charge in [-0.2, -0.15) is 4.98 Å². The summed E-state index contributed by atoms with van der Waals surface area (Å²) in [5.74, 6) is 0.682. The topological polar surface area (TPSA) is 102 Å². The molecule has 0 spiro atoms. The standard InChI is InChI=1S/C14H21N7O3/c1-19(2)14-15-12(24-17-14)9-20-6-4-5-10(7-20)21-8-11(16-18-21)13(22)23-3/h8,10H,4-7,9H2,1-3H3/t10-/m0/s1. The predicted octanol–water partition coefficient (Wildman–Crippen LogP) is 0.351. The molecule has 0 aliphatic carbocycles. The van der Waals surface area contributed by atoms with E-state index in [0.717, 1.165) is 25.9 Å². The number of carbonyl (C=O) groups is 1. The average molecular weight is 335 g/mol. The number of nitrogens with zero attached hydrogens (tertiary/aromatic N) is 7. The van der Waals surface area contributed by atoms with Crippen molar-refractivity contribution in [1.29, 1.82) is 0 Å². The van der Waals surface area contributed by atoms with Crippen molar-refractivity contribution in [3.05, 3.63) is 17.8 Å². The van der Waals surface area contributed by atoms with Crippen LogP contribution in [0.5, 0.6) is 0 Å². The van der Waals surface area contributed by atoms with Crippen LogP contribution in [-0.4, -0.2) is 70.3 Å². The van der Waals surface area contributed by atoms with Crippen LogP contribution in [0.4, 0.5) is 5.95 Å². The Kier molecular flexibility index (Phi) is 4.74. The van der Waals surface area contributed by atoms with Gasteiger partial charge in [-0.25, -0.2) is 9.48 Å². The fourth-order valence-corrected chi connectivity index (χ4v) is 2.73. The van der Waals surface area contributed by atoms with Crippen LogP contribution in [0, 0.1) is 0 Å². The van der Waals surface area contributed by atoms with Gasteiger partial charge in [0.05, 0.1) is 25.9 Å². The minimum atomic E-state index is -0.476. The van der Waals surface area contributed by atoms with E-state index in [-0.39, 0.29) is 11.7 Å². The van der Waals surface area contributed by atoms with Gasteiger partial charge in [-0.3, -0.25) is 4.90 Å². The minimum Gasteiger partial charge on any atom is -0.464 e. The molecule has 0 amide bonds. The summed E-state index contributed by atoms with van der Waals surface area (Å²) in [6, 6.07) is 0.154. The second kappa shape index (κ2) is 6.95. The maximum atomic E-state index is 11.5. The molecule has 2 aromatic rings. The lowest BCUT2D eigenvalue weighted by Gasteiger charge is -2.31.